The number of nitrogens with zero attached hydrogens (tertiary/aromatic N) is 1. The van der Waals surface area contributed by atoms with Crippen molar-refractivity contribution in [1.29, 1.82) is 0 Å². The highest BCUT2D eigenvalue weighted by molar-refractivity contribution is 4.83. The van der Waals surface area contributed by atoms with E-state index in [2.05, 4.69) is 25.7 Å². The number of rotatable bonds is 3. The smallest absolute Gasteiger partial charge is 0.181 e. The molecule has 4 heteroatoms. The molecule has 0 N–H and O–H groups in total. The zero-order valence-electron chi connectivity index (χ0n) is 11.3. The summed E-state index contributed by atoms with van der Waals surface area (Å²) in [7, 11) is 0. The van der Waals surface area contributed by atoms with E-state index >= 15 is 0 Å². The molecule has 0 aromatic carbocycles. The van der Waals surface area contributed by atoms with Gasteiger partial charge in [-0.2, -0.15) is 0 Å². The van der Waals surface area contributed by atoms with E-state index in [4.69, 9.17) is 14.2 Å². The fourth-order valence-electron chi connectivity index (χ4n) is 2.48. The monoisotopic (exact) mass is 243 g/mol. The maximum Gasteiger partial charge on any atom is 0.181 e. The van der Waals surface area contributed by atoms with E-state index in [1.807, 2.05) is 0 Å². The molecule has 0 atom stereocenters. The van der Waals surface area contributed by atoms with Crippen molar-refractivity contribution in [3.8, 4) is 0 Å². The fraction of sp³-hybridized carbons (Fsp3) is 1.00. The highest BCUT2D eigenvalue weighted by atomic mass is 16.7. The Morgan fingerprint density at radius 2 is 1.94 bits per heavy atom. The van der Waals surface area contributed by atoms with Crippen LogP contribution in [-0.2, 0) is 14.2 Å². The van der Waals surface area contributed by atoms with Gasteiger partial charge in [0.25, 0.3) is 0 Å². The van der Waals surface area contributed by atoms with Gasteiger partial charge in [0.2, 0.25) is 0 Å². The van der Waals surface area contributed by atoms with Gasteiger partial charge >= 0.3 is 0 Å². The number of piperidine rings is 1. The maximum atomic E-state index is 5.76. The van der Waals surface area contributed by atoms with Crippen molar-refractivity contribution in [2.75, 3.05) is 39.5 Å². The normalized spacial score (nSPS) is 25.6. The molecule has 4 nitrogen and oxygen atoms in total. The van der Waals surface area contributed by atoms with E-state index < -0.39 is 0 Å². The fourth-order valence-corrected chi connectivity index (χ4v) is 2.48. The van der Waals surface area contributed by atoms with Crippen molar-refractivity contribution < 1.29 is 14.2 Å². The molecule has 0 aliphatic carbocycles. The summed E-state index contributed by atoms with van der Waals surface area (Å²) in [4.78, 5) is 2.39. The summed E-state index contributed by atoms with van der Waals surface area (Å²) in [5, 5.41) is 0. The van der Waals surface area contributed by atoms with Crippen LogP contribution in [0.1, 0.15) is 33.6 Å². The van der Waals surface area contributed by atoms with Crippen LogP contribution in [0.4, 0.5) is 0 Å². The van der Waals surface area contributed by atoms with Gasteiger partial charge in [-0.05, 0) is 33.7 Å². The summed E-state index contributed by atoms with van der Waals surface area (Å²) in [5.74, 6) is -0.306. The quantitative estimate of drug-likeness (QED) is 0.754. The summed E-state index contributed by atoms with van der Waals surface area (Å²) >= 11 is 0. The number of likely N-dealkylation sites (tertiary alicyclic amines) is 1. The molecule has 2 heterocycles. The van der Waals surface area contributed by atoms with Crippen LogP contribution in [0.2, 0.25) is 0 Å². The molecule has 2 saturated heterocycles. The lowest BCUT2D eigenvalue weighted by Crippen LogP contribution is -2.49. The van der Waals surface area contributed by atoms with E-state index in [1.165, 1.54) is 0 Å². The molecule has 0 unspecified atom stereocenters. The summed E-state index contributed by atoms with van der Waals surface area (Å²) in [6.45, 7) is 11.5. The molecule has 2 fully saturated rings. The summed E-state index contributed by atoms with van der Waals surface area (Å²) in [5.41, 5.74) is -0.0478. The van der Waals surface area contributed by atoms with Crippen molar-refractivity contribution in [3.05, 3.63) is 0 Å². The van der Waals surface area contributed by atoms with Crippen LogP contribution in [-0.4, -0.2) is 55.7 Å². The molecule has 1 spiro atoms. The van der Waals surface area contributed by atoms with Crippen LogP contribution < -0.4 is 0 Å². The molecule has 2 rings (SSSR count). The molecule has 17 heavy (non-hydrogen) atoms. The molecule has 0 amide bonds. The van der Waals surface area contributed by atoms with Crippen molar-refractivity contribution in [1.82, 2.24) is 4.90 Å². The lowest BCUT2D eigenvalue weighted by Gasteiger charge is -2.38. The minimum absolute atomic E-state index is 0.0478. The minimum Gasteiger partial charge on any atom is -0.375 e. The highest BCUT2D eigenvalue weighted by Crippen LogP contribution is 2.29. The topological polar surface area (TPSA) is 30.9 Å². The van der Waals surface area contributed by atoms with Gasteiger partial charge in [0.15, 0.2) is 5.79 Å². The summed E-state index contributed by atoms with van der Waals surface area (Å²) in [6.07, 6.45) is 2.18. The second-order valence-electron chi connectivity index (χ2n) is 5.95. The lowest BCUT2D eigenvalue weighted by molar-refractivity contribution is -0.191. The van der Waals surface area contributed by atoms with Crippen LogP contribution in [0, 0.1) is 0 Å². The van der Waals surface area contributed by atoms with Gasteiger partial charge < -0.3 is 14.2 Å². The lowest BCUT2D eigenvalue weighted by atomic mass is 10.0. The molecular formula is C13H25NO3. The molecule has 0 saturated carbocycles. The first-order valence-electron chi connectivity index (χ1n) is 6.63. The van der Waals surface area contributed by atoms with E-state index in [-0.39, 0.29) is 11.4 Å². The average Bonchev–Trinajstić information content (AvgIpc) is 2.64. The first kappa shape index (κ1) is 13.3. The Balaban J connectivity index is 1.74. The molecule has 0 aromatic heterocycles. The highest BCUT2D eigenvalue weighted by Gasteiger charge is 2.40. The molecule has 2 aliphatic rings. The van der Waals surface area contributed by atoms with Gasteiger partial charge in [-0.15, -0.1) is 0 Å². The third-order valence-electron chi connectivity index (χ3n) is 3.25. The third kappa shape index (κ3) is 3.91. The SMILES string of the molecule is CC(C)(C)OCCN1CCCC2(C1)OCCO2. The van der Waals surface area contributed by atoms with E-state index in [0.29, 0.717) is 0 Å². The standard InChI is InChI=1S/C13H25NO3/c1-12(2,3)15-8-7-14-6-4-5-13(11-14)16-9-10-17-13/h4-11H2,1-3H3. The predicted octanol–water partition coefficient (Wildman–Crippen LogP) is 1.64. The van der Waals surface area contributed by atoms with Gasteiger partial charge in [-0.3, -0.25) is 4.90 Å². The van der Waals surface area contributed by atoms with Crippen LogP contribution >= 0.6 is 0 Å². The molecule has 0 bridgehead atoms. The van der Waals surface area contributed by atoms with Crippen molar-refractivity contribution >= 4 is 0 Å². The Hall–Kier alpha value is -0.160. The van der Waals surface area contributed by atoms with Crippen LogP contribution in [0.3, 0.4) is 0 Å². The summed E-state index contributed by atoms with van der Waals surface area (Å²) < 4.78 is 17.3. The van der Waals surface area contributed by atoms with Crippen molar-refractivity contribution in [3.63, 3.8) is 0 Å². The second kappa shape index (κ2) is 5.22. The van der Waals surface area contributed by atoms with Gasteiger partial charge in [0, 0.05) is 13.0 Å². The number of hydrogen-bond acceptors (Lipinski definition) is 4. The summed E-state index contributed by atoms with van der Waals surface area (Å²) in [6, 6.07) is 0. The van der Waals surface area contributed by atoms with Gasteiger partial charge in [-0.1, -0.05) is 0 Å². The maximum absolute atomic E-state index is 5.76. The van der Waals surface area contributed by atoms with Crippen molar-refractivity contribution in [2.45, 2.75) is 45.0 Å². The largest absolute Gasteiger partial charge is 0.375 e. The molecule has 0 aromatic rings. The molecule has 2 aliphatic heterocycles. The zero-order chi connectivity index (χ0) is 12.4. The third-order valence-corrected chi connectivity index (χ3v) is 3.25. The second-order valence-corrected chi connectivity index (χ2v) is 5.95. The van der Waals surface area contributed by atoms with Gasteiger partial charge in [-0.25, -0.2) is 0 Å². The van der Waals surface area contributed by atoms with Crippen LogP contribution in [0.15, 0.2) is 0 Å². The number of ether oxygens (including phenoxy) is 3. The first-order valence-corrected chi connectivity index (χ1v) is 6.63. The molecule has 0 radical (unpaired) electrons. The first-order chi connectivity index (χ1) is 7.99. The zero-order valence-corrected chi connectivity index (χ0v) is 11.3. The predicted molar refractivity (Wildman–Crippen MR) is 66.0 cm³/mol. The molecule has 100 valence electrons. The Labute approximate surface area is 104 Å². The van der Waals surface area contributed by atoms with E-state index in [9.17, 15) is 0 Å². The van der Waals surface area contributed by atoms with Crippen molar-refractivity contribution in [2.24, 2.45) is 0 Å². The number of hydrogen-bond donors (Lipinski definition) is 0. The Bertz CT molecular complexity index is 244. The average molecular weight is 243 g/mol. The van der Waals surface area contributed by atoms with E-state index in [1.54, 1.807) is 0 Å². The van der Waals surface area contributed by atoms with Crippen LogP contribution in [0.5, 0.6) is 0 Å². The Morgan fingerprint density at radius 3 is 2.59 bits per heavy atom. The van der Waals surface area contributed by atoms with Gasteiger partial charge in [0.05, 0.1) is 32.0 Å². The van der Waals surface area contributed by atoms with Gasteiger partial charge in [0.1, 0.15) is 0 Å². The Morgan fingerprint density at radius 1 is 1.24 bits per heavy atom. The Kier molecular flexibility index (Phi) is 4.08. The van der Waals surface area contributed by atoms with E-state index in [0.717, 1.165) is 52.3 Å². The minimum atomic E-state index is -0.306. The molecular weight excluding hydrogens is 218 g/mol. The van der Waals surface area contributed by atoms with Crippen LogP contribution in [0.25, 0.3) is 0 Å².